The first-order chi connectivity index (χ1) is 14.0. The Morgan fingerprint density at radius 1 is 1.24 bits per heavy atom. The van der Waals surface area contributed by atoms with Crippen molar-refractivity contribution in [2.24, 2.45) is 23.2 Å². The molecule has 0 saturated carbocycles. The van der Waals surface area contributed by atoms with Crippen LogP contribution in [-0.4, -0.2) is 43.6 Å². The van der Waals surface area contributed by atoms with Crippen LogP contribution in [0.4, 0.5) is 11.6 Å². The summed E-state index contributed by atoms with van der Waals surface area (Å²) in [4.78, 5) is 7.10. The molecule has 0 aromatic carbocycles. The lowest BCUT2D eigenvalue weighted by atomic mass is 9.92. The second kappa shape index (κ2) is 7.85. The summed E-state index contributed by atoms with van der Waals surface area (Å²) in [7, 11) is 1.87. The van der Waals surface area contributed by atoms with Crippen LogP contribution in [0.15, 0.2) is 33.3 Å². The van der Waals surface area contributed by atoms with Crippen molar-refractivity contribution in [3.63, 3.8) is 0 Å². The van der Waals surface area contributed by atoms with Gasteiger partial charge in [0.15, 0.2) is 11.8 Å². The largest absolute Gasteiger partial charge is 0.383 e. The van der Waals surface area contributed by atoms with E-state index in [-0.39, 0.29) is 0 Å². The van der Waals surface area contributed by atoms with Crippen LogP contribution in [0.1, 0.15) is 19.3 Å². The van der Waals surface area contributed by atoms with Crippen LogP contribution < -0.4 is 10.6 Å². The van der Waals surface area contributed by atoms with Gasteiger partial charge in [-0.3, -0.25) is 4.68 Å². The lowest BCUT2D eigenvalue weighted by Crippen LogP contribution is -2.35. The maximum absolute atomic E-state index is 7.11. The highest BCUT2D eigenvalue weighted by Crippen LogP contribution is 2.36. The lowest BCUT2D eigenvalue weighted by Gasteiger charge is -2.33. The first-order valence-electron chi connectivity index (χ1n) is 9.31. The predicted molar refractivity (Wildman–Crippen MR) is 111 cm³/mol. The zero-order valence-corrected chi connectivity index (χ0v) is 17.5. The van der Waals surface area contributed by atoms with Crippen LogP contribution in [0, 0.1) is 17.0 Å². The molecule has 152 valence electrons. The van der Waals surface area contributed by atoms with E-state index in [1.54, 1.807) is 21.6 Å². The second-order valence-electron chi connectivity index (χ2n) is 7.24. The summed E-state index contributed by atoms with van der Waals surface area (Å²) in [6, 6.07) is 0. The zero-order chi connectivity index (χ0) is 20.5. The number of anilines is 2. The maximum atomic E-state index is 7.11. The monoisotopic (exact) mass is 459 g/mol. The molecule has 1 saturated heterocycles. The van der Waals surface area contributed by atoms with E-state index in [1.807, 2.05) is 13.2 Å². The molecule has 1 aliphatic heterocycles. The number of nitrogens with one attached hydrogen (secondary N) is 2. The molecule has 29 heavy (non-hydrogen) atoms. The average molecular weight is 460 g/mol. The Kier molecular flexibility index (Phi) is 5.26. The topological polar surface area (TPSA) is 150 Å². The van der Waals surface area contributed by atoms with Gasteiger partial charge in [0.1, 0.15) is 16.1 Å². The Hall–Kier alpha value is -2.89. The predicted octanol–water partition coefficient (Wildman–Crippen LogP) is 3.47. The van der Waals surface area contributed by atoms with E-state index in [0.717, 1.165) is 47.3 Å². The van der Waals surface area contributed by atoms with Crippen LogP contribution in [0.2, 0.25) is 0 Å². The summed E-state index contributed by atoms with van der Waals surface area (Å²) in [5.74, 6) is 1.69. The standard InChI is InChI=1S/C17H22BrN11/c1-27-9-11(7-22-27)12-8-23-29-15(19)14(18)17(24-16(12)29)28-4-2-10(3-5-28)6-13(25-20)26-21/h7-10,13,20-21H,2-6,19H2,1H3. The number of halogens is 1. The number of aromatic nitrogens is 5. The molecule has 1 fully saturated rings. The Morgan fingerprint density at radius 2 is 1.97 bits per heavy atom. The van der Waals surface area contributed by atoms with Crippen molar-refractivity contribution in [1.82, 2.24) is 24.4 Å². The van der Waals surface area contributed by atoms with Crippen LogP contribution in [0.25, 0.3) is 16.8 Å². The van der Waals surface area contributed by atoms with Crippen molar-refractivity contribution in [1.29, 1.82) is 11.1 Å². The summed E-state index contributed by atoms with van der Waals surface area (Å²) in [6.07, 6.45) is 7.40. The molecule has 0 radical (unpaired) electrons. The first-order valence-corrected chi connectivity index (χ1v) is 10.1. The highest BCUT2D eigenvalue weighted by atomic mass is 79.9. The molecule has 4 rings (SSSR count). The van der Waals surface area contributed by atoms with Crippen molar-refractivity contribution in [3.05, 3.63) is 23.1 Å². The number of aryl methyl sites for hydroxylation is 1. The summed E-state index contributed by atoms with van der Waals surface area (Å²) >= 11 is 3.60. The van der Waals surface area contributed by atoms with Gasteiger partial charge in [-0.15, -0.1) is 0 Å². The Bertz CT molecular complexity index is 1040. The number of hydrogen-bond donors (Lipinski definition) is 3. The minimum Gasteiger partial charge on any atom is -0.383 e. The average Bonchev–Trinajstić information content (AvgIpc) is 3.35. The molecule has 3 aromatic rings. The molecule has 4 N–H and O–H groups in total. The normalized spacial score (nSPS) is 16.3. The van der Waals surface area contributed by atoms with Gasteiger partial charge < -0.3 is 10.6 Å². The van der Waals surface area contributed by atoms with E-state index in [0.29, 0.717) is 23.8 Å². The van der Waals surface area contributed by atoms with Crippen molar-refractivity contribution < 1.29 is 0 Å². The van der Waals surface area contributed by atoms with E-state index in [9.17, 15) is 0 Å². The van der Waals surface area contributed by atoms with Crippen molar-refractivity contribution in [3.8, 4) is 11.1 Å². The molecule has 1 aliphatic rings. The fourth-order valence-corrected chi connectivity index (χ4v) is 4.28. The molecule has 0 spiro atoms. The molecule has 11 nitrogen and oxygen atoms in total. The quantitative estimate of drug-likeness (QED) is 0.482. The van der Waals surface area contributed by atoms with Gasteiger partial charge in [0.2, 0.25) is 0 Å². The number of fused-ring (bicyclic) bond motifs is 1. The molecule has 0 aliphatic carbocycles. The van der Waals surface area contributed by atoms with E-state index in [1.165, 1.54) is 0 Å². The maximum Gasteiger partial charge on any atom is 0.180 e. The summed E-state index contributed by atoms with van der Waals surface area (Å²) in [5.41, 5.74) is 23.1. The Labute approximate surface area is 175 Å². The van der Waals surface area contributed by atoms with Gasteiger partial charge in [0.05, 0.1) is 12.4 Å². The third-order valence-corrected chi connectivity index (χ3v) is 6.14. The van der Waals surface area contributed by atoms with E-state index in [4.69, 9.17) is 21.8 Å². The van der Waals surface area contributed by atoms with Crippen molar-refractivity contribution in [2.75, 3.05) is 23.7 Å². The third-order valence-electron chi connectivity index (χ3n) is 5.38. The minimum absolute atomic E-state index is 0.389. The Balaban J connectivity index is 1.62. The van der Waals surface area contributed by atoms with Crippen molar-refractivity contribution >= 4 is 33.2 Å². The summed E-state index contributed by atoms with van der Waals surface area (Å²) in [6.45, 7) is 1.62. The summed E-state index contributed by atoms with van der Waals surface area (Å²) in [5, 5.41) is 15.4. The molecule has 3 aromatic heterocycles. The lowest BCUT2D eigenvalue weighted by molar-refractivity contribution is 0.344. The van der Waals surface area contributed by atoms with Crippen LogP contribution in [0.3, 0.4) is 0 Å². The summed E-state index contributed by atoms with van der Waals surface area (Å²) < 4.78 is 4.11. The molecule has 0 atom stereocenters. The fraction of sp³-hybridized carbons (Fsp3) is 0.471. The molecule has 0 unspecified atom stereocenters. The number of hydrogen-bond acceptors (Lipinski definition) is 9. The van der Waals surface area contributed by atoms with Gasteiger partial charge in [-0.2, -0.15) is 24.9 Å². The molecule has 0 amide bonds. The smallest absolute Gasteiger partial charge is 0.180 e. The van der Waals surface area contributed by atoms with Crippen LogP contribution in [-0.2, 0) is 7.05 Å². The second-order valence-corrected chi connectivity index (χ2v) is 8.03. The van der Waals surface area contributed by atoms with Gasteiger partial charge in [0.25, 0.3) is 0 Å². The first kappa shape index (κ1) is 19.4. The molecular weight excluding hydrogens is 438 g/mol. The molecular formula is C17H22BrN11. The number of nitrogen functional groups attached to an aromatic ring is 1. The number of rotatable bonds is 6. The minimum atomic E-state index is -0.558. The third kappa shape index (κ3) is 3.59. The van der Waals surface area contributed by atoms with Crippen molar-refractivity contribution in [2.45, 2.75) is 25.4 Å². The van der Waals surface area contributed by atoms with Crippen LogP contribution >= 0.6 is 15.9 Å². The molecule has 4 heterocycles. The van der Waals surface area contributed by atoms with Gasteiger partial charge in [-0.05, 0) is 41.1 Å². The Morgan fingerprint density at radius 3 is 2.59 bits per heavy atom. The zero-order valence-electron chi connectivity index (χ0n) is 16.0. The molecule has 12 heteroatoms. The van der Waals surface area contributed by atoms with E-state index < -0.39 is 6.17 Å². The number of nitrogens with two attached hydrogens (primary N) is 1. The van der Waals surface area contributed by atoms with Gasteiger partial charge in [-0.1, -0.05) is 0 Å². The SMILES string of the molecule is Cn1cc(-c2cnn3c(N)c(Br)c(N4CCC(CC(N=N)N=N)CC4)nc23)cn1. The van der Waals surface area contributed by atoms with E-state index >= 15 is 0 Å². The van der Waals surface area contributed by atoms with Gasteiger partial charge in [-0.25, -0.2) is 16.0 Å². The van der Waals surface area contributed by atoms with Gasteiger partial charge in [0, 0.05) is 37.5 Å². The highest BCUT2D eigenvalue weighted by molar-refractivity contribution is 9.10. The number of piperidine rings is 1. The molecule has 0 bridgehead atoms. The van der Waals surface area contributed by atoms with Crippen LogP contribution in [0.5, 0.6) is 0 Å². The number of nitrogens with zero attached hydrogens (tertiary/aromatic N) is 8. The fourth-order valence-electron chi connectivity index (χ4n) is 3.77. The van der Waals surface area contributed by atoms with E-state index in [2.05, 4.69) is 41.3 Å². The van der Waals surface area contributed by atoms with Gasteiger partial charge >= 0.3 is 0 Å². The highest BCUT2D eigenvalue weighted by Gasteiger charge is 2.26.